The third-order valence-electron chi connectivity index (χ3n) is 4.05. The second-order valence-corrected chi connectivity index (χ2v) is 5.27. The Morgan fingerprint density at radius 3 is 2.32 bits per heavy atom. The molecular weight excluding hydrogens is 240 g/mol. The van der Waals surface area contributed by atoms with Crippen LogP contribution in [0.2, 0.25) is 0 Å². The lowest BCUT2D eigenvalue weighted by atomic mass is 10.1. The molecule has 0 spiro atoms. The minimum absolute atomic E-state index is 0.0551. The van der Waals surface area contributed by atoms with E-state index >= 15 is 0 Å². The van der Waals surface area contributed by atoms with Crippen molar-refractivity contribution in [2.75, 3.05) is 6.54 Å². The summed E-state index contributed by atoms with van der Waals surface area (Å²) in [6.45, 7) is 2.31. The van der Waals surface area contributed by atoms with E-state index in [9.17, 15) is 9.59 Å². The number of carbonyl (C=O) groups is 2. The Kier molecular flexibility index (Phi) is 3.11. The van der Waals surface area contributed by atoms with E-state index in [4.69, 9.17) is 0 Å². The maximum Gasteiger partial charge on any atom is 0.246 e. The fourth-order valence-electron chi connectivity index (χ4n) is 3.11. The number of nitrogens with zero attached hydrogens (tertiary/aromatic N) is 1. The molecule has 100 valence electrons. The molecule has 1 fully saturated rings. The van der Waals surface area contributed by atoms with Gasteiger partial charge in [-0.3, -0.25) is 14.5 Å². The molecular formula is C15H18N2O2. The predicted molar refractivity (Wildman–Crippen MR) is 71.6 cm³/mol. The summed E-state index contributed by atoms with van der Waals surface area (Å²) in [5, 5.41) is 3.36. The Morgan fingerprint density at radius 1 is 1.16 bits per heavy atom. The van der Waals surface area contributed by atoms with Crippen LogP contribution in [0.5, 0.6) is 0 Å². The quantitative estimate of drug-likeness (QED) is 0.819. The van der Waals surface area contributed by atoms with Crippen molar-refractivity contribution in [3.63, 3.8) is 0 Å². The summed E-state index contributed by atoms with van der Waals surface area (Å²) in [6, 6.07) is 8.31. The SMILES string of the molecule is CCN1C(=O)CC(NC2Cc3ccccc3C2)C1=O. The second kappa shape index (κ2) is 4.78. The number of carbonyl (C=O) groups excluding carboxylic acids is 2. The summed E-state index contributed by atoms with van der Waals surface area (Å²) in [4.78, 5) is 25.1. The van der Waals surface area contributed by atoms with Gasteiger partial charge in [0.15, 0.2) is 0 Å². The van der Waals surface area contributed by atoms with Crippen molar-refractivity contribution < 1.29 is 9.59 Å². The highest BCUT2D eigenvalue weighted by molar-refractivity contribution is 6.05. The number of likely N-dealkylation sites (tertiary alicyclic amines) is 1. The van der Waals surface area contributed by atoms with Gasteiger partial charge in [-0.15, -0.1) is 0 Å². The largest absolute Gasteiger partial charge is 0.302 e. The molecule has 1 aliphatic carbocycles. The number of nitrogens with one attached hydrogen (secondary N) is 1. The Morgan fingerprint density at radius 2 is 1.79 bits per heavy atom. The molecule has 1 unspecified atom stereocenters. The molecule has 4 nitrogen and oxygen atoms in total. The average Bonchev–Trinajstić information content (AvgIpc) is 2.91. The number of hydrogen-bond acceptors (Lipinski definition) is 3. The van der Waals surface area contributed by atoms with Gasteiger partial charge in [-0.2, -0.15) is 0 Å². The molecule has 1 saturated heterocycles. The maximum absolute atomic E-state index is 12.1. The number of fused-ring (bicyclic) bond motifs is 1. The van der Waals surface area contributed by atoms with E-state index < -0.39 is 0 Å². The minimum Gasteiger partial charge on any atom is -0.302 e. The van der Waals surface area contributed by atoms with Crippen molar-refractivity contribution in [1.29, 1.82) is 0 Å². The van der Waals surface area contributed by atoms with Gasteiger partial charge in [0.1, 0.15) is 0 Å². The topological polar surface area (TPSA) is 49.4 Å². The van der Waals surface area contributed by atoms with Crippen LogP contribution in [0.25, 0.3) is 0 Å². The van der Waals surface area contributed by atoms with Gasteiger partial charge in [0.25, 0.3) is 0 Å². The molecule has 0 bridgehead atoms. The molecule has 19 heavy (non-hydrogen) atoms. The third kappa shape index (κ3) is 2.16. The maximum atomic E-state index is 12.1. The summed E-state index contributed by atoms with van der Waals surface area (Å²) in [5.41, 5.74) is 2.70. The zero-order valence-corrected chi connectivity index (χ0v) is 11.1. The first-order chi connectivity index (χ1) is 9.19. The third-order valence-corrected chi connectivity index (χ3v) is 4.05. The van der Waals surface area contributed by atoms with Gasteiger partial charge in [-0.1, -0.05) is 24.3 Å². The van der Waals surface area contributed by atoms with Gasteiger partial charge in [0.05, 0.1) is 12.5 Å². The van der Waals surface area contributed by atoms with E-state index in [2.05, 4.69) is 17.4 Å². The van der Waals surface area contributed by atoms with E-state index in [1.807, 2.05) is 19.1 Å². The molecule has 1 atom stereocenters. The van der Waals surface area contributed by atoms with Crippen molar-refractivity contribution in [2.24, 2.45) is 0 Å². The number of rotatable bonds is 3. The molecule has 0 radical (unpaired) electrons. The first-order valence-corrected chi connectivity index (χ1v) is 6.86. The van der Waals surface area contributed by atoms with Gasteiger partial charge < -0.3 is 5.32 Å². The van der Waals surface area contributed by atoms with E-state index in [0.29, 0.717) is 13.0 Å². The number of amides is 2. The van der Waals surface area contributed by atoms with E-state index in [0.717, 1.165) is 12.8 Å². The van der Waals surface area contributed by atoms with Crippen LogP contribution in [0.3, 0.4) is 0 Å². The smallest absolute Gasteiger partial charge is 0.246 e. The lowest BCUT2D eigenvalue weighted by Gasteiger charge is -2.17. The predicted octanol–water partition coefficient (Wildman–Crippen LogP) is 0.891. The first kappa shape index (κ1) is 12.4. The summed E-state index contributed by atoms with van der Waals surface area (Å²) < 4.78 is 0. The summed E-state index contributed by atoms with van der Waals surface area (Å²) in [6.07, 6.45) is 2.19. The van der Waals surface area contributed by atoms with Crippen LogP contribution >= 0.6 is 0 Å². The van der Waals surface area contributed by atoms with Crippen molar-refractivity contribution >= 4 is 11.8 Å². The molecule has 2 aliphatic rings. The van der Waals surface area contributed by atoms with Gasteiger partial charge in [0.2, 0.25) is 11.8 Å². The normalized spacial score (nSPS) is 23.2. The monoisotopic (exact) mass is 258 g/mol. The molecule has 0 aromatic heterocycles. The fraction of sp³-hybridized carbons (Fsp3) is 0.467. The lowest BCUT2D eigenvalue weighted by molar-refractivity contribution is -0.138. The number of imide groups is 1. The van der Waals surface area contributed by atoms with E-state index in [1.54, 1.807) is 0 Å². The Hall–Kier alpha value is -1.68. The fourth-order valence-corrected chi connectivity index (χ4v) is 3.11. The van der Waals surface area contributed by atoms with Gasteiger partial charge >= 0.3 is 0 Å². The van der Waals surface area contributed by atoms with Gasteiger partial charge in [-0.05, 0) is 30.9 Å². The molecule has 1 aromatic rings. The number of benzene rings is 1. The second-order valence-electron chi connectivity index (χ2n) is 5.27. The molecule has 2 amide bonds. The van der Waals surface area contributed by atoms with Crippen molar-refractivity contribution in [1.82, 2.24) is 10.2 Å². The number of hydrogen-bond donors (Lipinski definition) is 1. The van der Waals surface area contributed by atoms with E-state index in [1.165, 1.54) is 16.0 Å². The first-order valence-electron chi connectivity index (χ1n) is 6.86. The van der Waals surface area contributed by atoms with Crippen LogP contribution in [0.4, 0.5) is 0 Å². The number of likely N-dealkylation sites (N-methyl/N-ethyl adjacent to an activating group) is 1. The zero-order valence-electron chi connectivity index (χ0n) is 11.1. The summed E-state index contributed by atoms with van der Waals surface area (Å²) in [7, 11) is 0. The standard InChI is InChI=1S/C15H18N2O2/c1-2-17-14(18)9-13(15(17)19)16-12-7-10-5-3-4-6-11(10)8-12/h3-6,12-13,16H,2,7-9H2,1H3. The minimum atomic E-state index is -0.327. The lowest BCUT2D eigenvalue weighted by Crippen LogP contribution is -2.44. The molecule has 1 aromatic carbocycles. The van der Waals surface area contributed by atoms with Gasteiger partial charge in [-0.25, -0.2) is 0 Å². The Balaban J connectivity index is 1.66. The van der Waals surface area contributed by atoms with Crippen LogP contribution in [0.15, 0.2) is 24.3 Å². The van der Waals surface area contributed by atoms with E-state index in [-0.39, 0.29) is 23.9 Å². The highest BCUT2D eigenvalue weighted by Gasteiger charge is 2.39. The molecule has 1 heterocycles. The highest BCUT2D eigenvalue weighted by atomic mass is 16.2. The molecule has 4 heteroatoms. The molecule has 1 aliphatic heterocycles. The van der Waals surface area contributed by atoms with Crippen LogP contribution in [-0.2, 0) is 22.4 Å². The van der Waals surface area contributed by atoms with Crippen LogP contribution in [-0.4, -0.2) is 35.3 Å². The Bertz CT molecular complexity index is 502. The van der Waals surface area contributed by atoms with Crippen molar-refractivity contribution in [3.8, 4) is 0 Å². The van der Waals surface area contributed by atoms with Crippen molar-refractivity contribution in [3.05, 3.63) is 35.4 Å². The molecule has 1 N–H and O–H groups in total. The molecule has 0 saturated carbocycles. The zero-order chi connectivity index (χ0) is 13.4. The van der Waals surface area contributed by atoms with Gasteiger partial charge in [0, 0.05) is 12.6 Å². The van der Waals surface area contributed by atoms with Crippen molar-refractivity contribution in [2.45, 2.75) is 38.3 Å². The summed E-state index contributed by atoms with van der Waals surface area (Å²) >= 11 is 0. The van der Waals surface area contributed by atoms with Crippen LogP contribution in [0, 0.1) is 0 Å². The van der Waals surface area contributed by atoms with Crippen LogP contribution < -0.4 is 5.32 Å². The highest BCUT2D eigenvalue weighted by Crippen LogP contribution is 2.23. The average molecular weight is 258 g/mol. The van der Waals surface area contributed by atoms with Crippen LogP contribution in [0.1, 0.15) is 24.5 Å². The molecule has 3 rings (SSSR count). The Labute approximate surface area is 112 Å². The summed E-state index contributed by atoms with van der Waals surface area (Å²) in [5.74, 6) is -0.121.